The van der Waals surface area contributed by atoms with Crippen LogP contribution < -0.4 is 4.74 Å². The second-order valence-electron chi connectivity index (χ2n) is 12.0. The summed E-state index contributed by atoms with van der Waals surface area (Å²) in [6.45, 7) is 2.44. The van der Waals surface area contributed by atoms with Crippen LogP contribution in [0, 0.1) is 11.8 Å². The molecule has 2 aromatic rings. The van der Waals surface area contributed by atoms with Crippen LogP contribution in [0.15, 0.2) is 41.2 Å². The van der Waals surface area contributed by atoms with Crippen LogP contribution in [0.4, 0.5) is 0 Å². The maximum Gasteiger partial charge on any atom is 0.246 e. The van der Waals surface area contributed by atoms with Crippen LogP contribution >= 0.6 is 0 Å². The van der Waals surface area contributed by atoms with E-state index in [-0.39, 0.29) is 29.2 Å². The highest BCUT2D eigenvalue weighted by molar-refractivity contribution is 5.91. The van der Waals surface area contributed by atoms with Gasteiger partial charge in [-0.05, 0) is 49.5 Å². The average Bonchev–Trinajstić information content (AvgIpc) is 3.36. The van der Waals surface area contributed by atoms with Gasteiger partial charge in [0.1, 0.15) is 6.10 Å². The van der Waals surface area contributed by atoms with Crippen molar-refractivity contribution in [3.8, 4) is 11.5 Å². The number of carbonyl (C=O) groups is 1. The van der Waals surface area contributed by atoms with Gasteiger partial charge in [0.2, 0.25) is 5.91 Å². The van der Waals surface area contributed by atoms with Gasteiger partial charge >= 0.3 is 0 Å². The van der Waals surface area contributed by atoms with E-state index in [4.69, 9.17) is 9.15 Å². The van der Waals surface area contributed by atoms with Crippen LogP contribution in [0.3, 0.4) is 0 Å². The number of likely N-dealkylation sites (N-methyl/N-ethyl adjacent to an activating group) is 2. The highest BCUT2D eigenvalue weighted by atomic mass is 16.5. The number of hydrogen-bond donors (Lipinski definition) is 1. The van der Waals surface area contributed by atoms with Gasteiger partial charge in [0.15, 0.2) is 11.5 Å². The van der Waals surface area contributed by atoms with E-state index in [1.165, 1.54) is 35.0 Å². The number of ether oxygens (including phenoxy) is 1. The number of aromatic hydroxyl groups is 1. The number of hydrogen-bond acceptors (Lipinski definition) is 4. The number of carbonyl (C=O) groups excluding carboxylic acids is 1. The molecule has 1 amide bonds. The van der Waals surface area contributed by atoms with Gasteiger partial charge in [0.25, 0.3) is 0 Å². The minimum atomic E-state index is -0.114. The monoisotopic (exact) mass is 475 g/mol. The van der Waals surface area contributed by atoms with Gasteiger partial charge in [-0.3, -0.25) is 4.79 Å². The van der Waals surface area contributed by atoms with Crippen molar-refractivity contribution in [3.63, 3.8) is 0 Å². The van der Waals surface area contributed by atoms with Gasteiger partial charge in [0, 0.05) is 48.9 Å². The van der Waals surface area contributed by atoms with Crippen LogP contribution in [0.5, 0.6) is 11.5 Å². The molecule has 35 heavy (non-hydrogen) atoms. The Labute approximate surface area is 206 Å². The van der Waals surface area contributed by atoms with Crippen molar-refractivity contribution in [3.05, 3.63) is 53.5 Å². The Bertz CT molecular complexity index is 1200. The van der Waals surface area contributed by atoms with Crippen molar-refractivity contribution in [2.75, 3.05) is 27.2 Å². The smallest absolute Gasteiger partial charge is 0.246 e. The fraction of sp³-hybridized carbons (Fsp3) is 0.552. The van der Waals surface area contributed by atoms with E-state index in [1.54, 1.807) is 24.7 Å². The Morgan fingerprint density at radius 2 is 2.11 bits per heavy atom. The number of rotatable bonds is 5. The number of benzene rings is 1. The lowest BCUT2D eigenvalue weighted by atomic mass is 9.50. The van der Waals surface area contributed by atoms with E-state index in [2.05, 4.69) is 13.1 Å². The molecule has 6 nitrogen and oxygen atoms in total. The van der Waals surface area contributed by atoms with Crippen molar-refractivity contribution in [1.82, 2.24) is 4.90 Å². The maximum atomic E-state index is 13.2. The van der Waals surface area contributed by atoms with Crippen molar-refractivity contribution in [1.29, 1.82) is 0 Å². The molecule has 1 aromatic heterocycles. The Balaban J connectivity index is 1.26. The fourth-order valence-corrected chi connectivity index (χ4v) is 8.31. The van der Waals surface area contributed by atoms with Crippen LogP contribution in [0.2, 0.25) is 0 Å². The number of phenolic OH excluding ortho intramolecular Hbond substituents is 1. The Hall–Kier alpha value is -2.73. The number of quaternary nitrogens is 1. The first-order valence-corrected chi connectivity index (χ1v) is 13.2. The van der Waals surface area contributed by atoms with Gasteiger partial charge in [0.05, 0.1) is 50.2 Å². The zero-order chi connectivity index (χ0) is 23.9. The zero-order valence-corrected chi connectivity index (χ0v) is 20.7. The molecule has 1 aromatic carbocycles. The summed E-state index contributed by atoms with van der Waals surface area (Å²) in [6.07, 6.45) is 13.5. The number of piperidine rings is 1. The Kier molecular flexibility index (Phi) is 4.55. The summed E-state index contributed by atoms with van der Waals surface area (Å²) in [7, 11) is 4.41. The number of furan rings is 1. The van der Waals surface area contributed by atoms with E-state index in [0.29, 0.717) is 17.7 Å². The van der Waals surface area contributed by atoms with Crippen molar-refractivity contribution < 1.29 is 23.5 Å². The highest BCUT2D eigenvalue weighted by Crippen LogP contribution is 2.65. The quantitative estimate of drug-likeness (QED) is 0.522. The second kappa shape index (κ2) is 7.39. The predicted octanol–water partition coefficient (Wildman–Crippen LogP) is 4.12. The minimum absolute atomic E-state index is 0.0208. The molecular weight excluding hydrogens is 440 g/mol. The molecular formula is C29H35N2O4+. The van der Waals surface area contributed by atoms with Crippen LogP contribution in [-0.2, 0) is 16.6 Å². The third-order valence-electron chi connectivity index (χ3n) is 10.1. The van der Waals surface area contributed by atoms with Crippen LogP contribution in [0.25, 0.3) is 6.08 Å². The maximum absolute atomic E-state index is 13.2. The SMILES string of the molecule is CN(C(=O)/C=C/c1ccoc1)[C@H]1CCC2C3Cc4ccc(O)c5c4[C@]2(CC[N@+]3(C)CC2CC2)C1O5. The summed E-state index contributed by atoms with van der Waals surface area (Å²) in [6, 6.07) is 6.37. The molecule has 6 atom stereocenters. The molecule has 0 radical (unpaired) electrons. The van der Waals surface area contributed by atoms with Gasteiger partial charge in [-0.25, -0.2) is 0 Å². The third kappa shape index (κ3) is 3.01. The summed E-state index contributed by atoms with van der Waals surface area (Å²) in [5, 5.41) is 10.8. The number of phenols is 1. The average molecular weight is 476 g/mol. The Morgan fingerprint density at radius 3 is 2.89 bits per heavy atom. The molecule has 2 saturated carbocycles. The van der Waals surface area contributed by atoms with Crippen molar-refractivity contribution in [2.24, 2.45) is 11.8 Å². The van der Waals surface area contributed by atoms with Crippen LogP contribution in [-0.4, -0.2) is 65.8 Å². The third-order valence-corrected chi connectivity index (χ3v) is 10.1. The molecule has 3 fully saturated rings. The summed E-state index contributed by atoms with van der Waals surface area (Å²) >= 11 is 0. The molecule has 7 rings (SSSR count). The predicted molar refractivity (Wildman–Crippen MR) is 132 cm³/mol. The standard InChI is InChI=1S/C29H34N2O4/c1-30(25(33)10-5-19-11-14-34-17-19)22-8-7-21-23-15-20-6-9-24(32)27-26(20)29(21,28(22)35-27)12-13-31(23,2)16-18-3-4-18/h5-6,9-11,14,17-18,21-23,28H,3-4,7-8,12-13,15-16H2,1-2H3/p+1/b10-5+/t21?,22-,23?,28?,29+,31+/m0/s1. The number of amides is 1. The fourth-order valence-electron chi connectivity index (χ4n) is 8.31. The molecule has 3 heterocycles. The summed E-state index contributed by atoms with van der Waals surface area (Å²) in [5.41, 5.74) is 3.39. The molecule has 1 N–H and O–H groups in total. The van der Waals surface area contributed by atoms with Gasteiger partial charge in [-0.1, -0.05) is 6.07 Å². The summed E-state index contributed by atoms with van der Waals surface area (Å²) in [5.74, 6) is 2.34. The molecule has 6 heteroatoms. The first-order valence-electron chi connectivity index (χ1n) is 13.2. The normalized spacial score (nSPS) is 36.6. The van der Waals surface area contributed by atoms with Gasteiger partial charge in [-0.15, -0.1) is 0 Å². The van der Waals surface area contributed by atoms with E-state index < -0.39 is 0 Å². The summed E-state index contributed by atoms with van der Waals surface area (Å²) in [4.78, 5) is 15.1. The zero-order valence-electron chi connectivity index (χ0n) is 20.7. The van der Waals surface area contributed by atoms with E-state index in [0.717, 1.165) is 43.7 Å². The van der Waals surface area contributed by atoms with Gasteiger partial charge < -0.3 is 23.6 Å². The molecule has 5 aliphatic rings. The number of nitrogens with zero attached hydrogens (tertiary/aromatic N) is 2. The number of likely N-dealkylation sites (tertiary alicyclic amines) is 1. The molecule has 3 aliphatic carbocycles. The Morgan fingerprint density at radius 1 is 1.26 bits per heavy atom. The van der Waals surface area contributed by atoms with E-state index in [9.17, 15) is 9.90 Å². The van der Waals surface area contributed by atoms with Gasteiger partial charge in [-0.2, -0.15) is 0 Å². The molecule has 1 spiro atoms. The first kappa shape index (κ1) is 21.5. The van der Waals surface area contributed by atoms with E-state index >= 15 is 0 Å². The lowest BCUT2D eigenvalue weighted by Crippen LogP contribution is -2.73. The molecule has 1 saturated heterocycles. The summed E-state index contributed by atoms with van der Waals surface area (Å²) < 4.78 is 13.0. The van der Waals surface area contributed by atoms with E-state index in [1.807, 2.05) is 24.1 Å². The first-order chi connectivity index (χ1) is 16.9. The lowest BCUT2D eigenvalue weighted by Gasteiger charge is -2.62. The molecule has 184 valence electrons. The highest BCUT2D eigenvalue weighted by Gasteiger charge is 2.69. The van der Waals surface area contributed by atoms with Crippen LogP contribution in [0.1, 0.15) is 48.8 Å². The largest absolute Gasteiger partial charge is 0.504 e. The molecule has 2 bridgehead atoms. The minimum Gasteiger partial charge on any atom is -0.504 e. The van der Waals surface area contributed by atoms with Crippen molar-refractivity contribution in [2.45, 2.75) is 62.1 Å². The van der Waals surface area contributed by atoms with Crippen molar-refractivity contribution >= 4 is 12.0 Å². The molecule has 3 unspecified atom stereocenters. The molecule has 2 aliphatic heterocycles. The lowest BCUT2D eigenvalue weighted by molar-refractivity contribution is -0.946. The topological polar surface area (TPSA) is 62.9 Å². The second-order valence-corrected chi connectivity index (χ2v) is 12.0.